The summed E-state index contributed by atoms with van der Waals surface area (Å²) >= 11 is 6.38. The van der Waals surface area contributed by atoms with Crippen molar-refractivity contribution in [2.45, 2.75) is 18.4 Å². The fourth-order valence-corrected chi connectivity index (χ4v) is 5.39. The maximum absolute atomic E-state index is 12.1. The van der Waals surface area contributed by atoms with Crippen molar-refractivity contribution in [2.24, 2.45) is 0 Å². The third-order valence-electron chi connectivity index (χ3n) is 2.14. The van der Waals surface area contributed by atoms with E-state index in [0.717, 1.165) is 17.2 Å². The van der Waals surface area contributed by atoms with E-state index < -0.39 is 10.0 Å². The molecule has 4 nitrogen and oxygen atoms in total. The first-order chi connectivity index (χ1) is 8.51. The molecular formula is C10H17BrN2O2S3. The van der Waals surface area contributed by atoms with Gasteiger partial charge in [-0.25, -0.2) is 13.1 Å². The molecule has 8 heteroatoms. The van der Waals surface area contributed by atoms with Gasteiger partial charge in [-0.15, -0.1) is 11.3 Å². The zero-order valence-electron chi connectivity index (χ0n) is 10.3. The monoisotopic (exact) mass is 372 g/mol. The predicted octanol–water partition coefficient (Wildman–Crippen LogP) is 2.26. The smallest absolute Gasteiger partial charge is 0.242 e. The van der Waals surface area contributed by atoms with Crippen molar-refractivity contribution in [1.29, 1.82) is 0 Å². The largest absolute Gasteiger partial charge is 0.312 e. The Labute approximate surface area is 125 Å². The Hall–Kier alpha value is 0.400. The lowest BCUT2D eigenvalue weighted by Gasteiger charge is -2.04. The van der Waals surface area contributed by atoms with Crippen LogP contribution in [-0.4, -0.2) is 33.5 Å². The molecule has 0 aliphatic carbocycles. The topological polar surface area (TPSA) is 58.2 Å². The molecule has 0 unspecified atom stereocenters. The number of hydrogen-bond acceptors (Lipinski definition) is 5. The second-order valence-electron chi connectivity index (χ2n) is 3.52. The summed E-state index contributed by atoms with van der Waals surface area (Å²) in [5, 5.41) is 3.18. The first-order valence-corrected chi connectivity index (χ1v) is 9.97. The minimum absolute atomic E-state index is 0.335. The number of sulfonamides is 1. The Bertz CT molecular complexity index is 473. The van der Waals surface area contributed by atoms with E-state index in [9.17, 15) is 8.42 Å². The molecule has 1 heterocycles. The number of thioether (sulfide) groups is 1. The van der Waals surface area contributed by atoms with Gasteiger partial charge in [0.15, 0.2) is 0 Å². The van der Waals surface area contributed by atoms with Crippen LogP contribution in [0, 0.1) is 0 Å². The second-order valence-corrected chi connectivity index (χ2v) is 8.70. The van der Waals surface area contributed by atoms with Gasteiger partial charge in [-0.3, -0.25) is 0 Å². The van der Waals surface area contributed by atoms with E-state index in [1.54, 1.807) is 17.8 Å². The highest BCUT2D eigenvalue weighted by molar-refractivity contribution is 9.11. The average Bonchev–Trinajstić information content (AvgIpc) is 2.69. The summed E-state index contributed by atoms with van der Waals surface area (Å²) in [7, 11) is -3.39. The van der Waals surface area contributed by atoms with E-state index in [1.807, 2.05) is 13.2 Å². The van der Waals surface area contributed by atoms with E-state index in [4.69, 9.17) is 0 Å². The highest BCUT2D eigenvalue weighted by Gasteiger charge is 2.20. The molecule has 1 rings (SSSR count). The molecule has 0 amide bonds. The molecule has 2 N–H and O–H groups in total. The van der Waals surface area contributed by atoms with Crippen molar-refractivity contribution in [1.82, 2.24) is 10.0 Å². The zero-order chi connectivity index (χ0) is 13.6. The summed E-state index contributed by atoms with van der Waals surface area (Å²) in [6, 6.07) is 1.72. The molecule has 0 aliphatic heterocycles. The Morgan fingerprint density at radius 3 is 2.83 bits per heavy atom. The van der Waals surface area contributed by atoms with Crippen molar-refractivity contribution in [2.75, 3.05) is 25.1 Å². The molecule has 0 atom stereocenters. The molecule has 0 saturated heterocycles. The highest BCUT2D eigenvalue weighted by Crippen LogP contribution is 2.31. The zero-order valence-corrected chi connectivity index (χ0v) is 14.4. The van der Waals surface area contributed by atoms with Crippen LogP contribution in [-0.2, 0) is 16.6 Å². The lowest BCUT2D eigenvalue weighted by molar-refractivity contribution is 0.584. The van der Waals surface area contributed by atoms with Gasteiger partial charge in [-0.2, -0.15) is 11.8 Å². The Kier molecular flexibility index (Phi) is 7.19. The van der Waals surface area contributed by atoms with E-state index in [1.165, 1.54) is 11.3 Å². The van der Waals surface area contributed by atoms with E-state index >= 15 is 0 Å². The normalized spacial score (nSPS) is 11.9. The van der Waals surface area contributed by atoms with Crippen LogP contribution in [0.2, 0.25) is 0 Å². The molecule has 0 radical (unpaired) electrons. The molecule has 0 saturated carbocycles. The molecule has 0 aliphatic rings. The van der Waals surface area contributed by atoms with E-state index in [2.05, 4.69) is 26.0 Å². The second kappa shape index (κ2) is 7.86. The van der Waals surface area contributed by atoms with Gasteiger partial charge in [0.05, 0.1) is 3.79 Å². The van der Waals surface area contributed by atoms with Crippen LogP contribution in [0.4, 0.5) is 0 Å². The summed E-state index contributed by atoms with van der Waals surface area (Å²) in [6.45, 7) is 4.03. The van der Waals surface area contributed by atoms with Crippen LogP contribution in [0.1, 0.15) is 11.8 Å². The van der Waals surface area contributed by atoms with Crippen LogP contribution in [0.5, 0.6) is 0 Å². The Morgan fingerprint density at radius 1 is 1.50 bits per heavy atom. The van der Waals surface area contributed by atoms with Gasteiger partial charge in [0.1, 0.15) is 4.90 Å². The lowest BCUT2D eigenvalue weighted by Crippen LogP contribution is -2.25. The molecular weight excluding hydrogens is 356 g/mol. The summed E-state index contributed by atoms with van der Waals surface area (Å²) in [4.78, 5) is 1.34. The van der Waals surface area contributed by atoms with Crippen molar-refractivity contribution >= 4 is 49.1 Å². The molecule has 0 spiro atoms. The van der Waals surface area contributed by atoms with Crippen molar-refractivity contribution < 1.29 is 8.42 Å². The lowest BCUT2D eigenvalue weighted by atomic mass is 10.4. The average molecular weight is 373 g/mol. The summed E-state index contributed by atoms with van der Waals surface area (Å²) in [6.07, 6.45) is 1.95. The predicted molar refractivity (Wildman–Crippen MR) is 83.0 cm³/mol. The van der Waals surface area contributed by atoms with Gasteiger partial charge in [0, 0.05) is 23.7 Å². The number of rotatable bonds is 8. The summed E-state index contributed by atoms with van der Waals surface area (Å²) in [5.41, 5.74) is 0. The number of hydrogen-bond donors (Lipinski definition) is 2. The first kappa shape index (κ1) is 16.5. The molecule has 0 fully saturated rings. The molecule has 18 heavy (non-hydrogen) atoms. The van der Waals surface area contributed by atoms with Crippen molar-refractivity contribution in [3.8, 4) is 0 Å². The highest BCUT2D eigenvalue weighted by atomic mass is 79.9. The van der Waals surface area contributed by atoms with Crippen LogP contribution in [0.15, 0.2) is 14.7 Å². The van der Waals surface area contributed by atoms with E-state index in [0.29, 0.717) is 21.8 Å². The third-order valence-corrected chi connectivity index (χ3v) is 6.47. The van der Waals surface area contributed by atoms with Crippen LogP contribution in [0.3, 0.4) is 0 Å². The number of thiophene rings is 1. The molecule has 1 aromatic rings. The molecule has 104 valence electrons. The molecule has 0 aromatic carbocycles. The van der Waals surface area contributed by atoms with Gasteiger partial charge >= 0.3 is 0 Å². The summed E-state index contributed by atoms with van der Waals surface area (Å²) in [5.74, 6) is 0.769. The van der Waals surface area contributed by atoms with Gasteiger partial charge in [-0.05, 0) is 34.8 Å². The van der Waals surface area contributed by atoms with Crippen LogP contribution < -0.4 is 10.0 Å². The Morgan fingerprint density at radius 2 is 2.22 bits per heavy atom. The number of nitrogens with one attached hydrogen (secondary N) is 2. The first-order valence-electron chi connectivity index (χ1n) is 5.48. The minimum atomic E-state index is -3.39. The Balaban J connectivity index is 2.78. The van der Waals surface area contributed by atoms with Crippen LogP contribution in [0.25, 0.3) is 0 Å². The van der Waals surface area contributed by atoms with Crippen molar-refractivity contribution in [3.63, 3.8) is 0 Å². The summed E-state index contributed by atoms with van der Waals surface area (Å²) < 4.78 is 27.4. The molecule has 1 aromatic heterocycles. The standard InChI is InChI=1S/C10H17BrN2O2S3/c1-3-12-7-8-6-9(10(11)17-8)18(14,15)13-4-5-16-2/h6,12-13H,3-5,7H2,1-2H3. The van der Waals surface area contributed by atoms with Gasteiger partial charge < -0.3 is 5.32 Å². The number of halogens is 1. The maximum Gasteiger partial charge on any atom is 0.242 e. The fourth-order valence-electron chi connectivity index (χ4n) is 1.27. The van der Waals surface area contributed by atoms with E-state index in [-0.39, 0.29) is 0 Å². The SMILES string of the molecule is CCNCc1cc(S(=O)(=O)NCCSC)c(Br)s1. The maximum atomic E-state index is 12.1. The molecule has 0 bridgehead atoms. The quantitative estimate of drug-likeness (QED) is 0.687. The van der Waals surface area contributed by atoms with Gasteiger partial charge in [0.2, 0.25) is 10.0 Å². The van der Waals surface area contributed by atoms with Crippen molar-refractivity contribution in [3.05, 3.63) is 14.7 Å². The van der Waals surface area contributed by atoms with Crippen LogP contribution >= 0.6 is 39.0 Å². The minimum Gasteiger partial charge on any atom is -0.312 e. The third kappa shape index (κ3) is 4.82. The van der Waals surface area contributed by atoms with Gasteiger partial charge in [-0.1, -0.05) is 6.92 Å². The fraction of sp³-hybridized carbons (Fsp3) is 0.600. The van der Waals surface area contributed by atoms with Gasteiger partial charge in [0.25, 0.3) is 0 Å².